The van der Waals surface area contributed by atoms with E-state index in [1.54, 1.807) is 0 Å². The molecule has 1 rings (SSSR count). The second kappa shape index (κ2) is 6.93. The van der Waals surface area contributed by atoms with Gasteiger partial charge in [-0.2, -0.15) is 0 Å². The number of carbonyl (C=O) groups is 1. The summed E-state index contributed by atoms with van der Waals surface area (Å²) < 4.78 is 5.05. The van der Waals surface area contributed by atoms with Crippen LogP contribution in [0.25, 0.3) is 0 Å². The van der Waals surface area contributed by atoms with Gasteiger partial charge >= 0.3 is 0 Å². The van der Waals surface area contributed by atoms with Crippen molar-refractivity contribution in [2.24, 2.45) is 0 Å². The van der Waals surface area contributed by atoms with E-state index < -0.39 is 10.8 Å². The zero-order valence-corrected chi connectivity index (χ0v) is 10.6. The summed E-state index contributed by atoms with van der Waals surface area (Å²) >= 11 is 5.72. The third kappa shape index (κ3) is 3.97. The van der Waals surface area contributed by atoms with Crippen LogP contribution in [0.2, 0.25) is 5.02 Å². The molecule has 98 valence electrons. The minimum Gasteiger partial charge on any atom is -0.380 e. The highest BCUT2D eigenvalue weighted by Crippen LogP contribution is 2.22. The number of nitro groups is 1. The van der Waals surface area contributed by atoms with Crippen LogP contribution in [0.15, 0.2) is 18.2 Å². The average Bonchev–Trinajstić information content (AvgIpc) is 2.34. The predicted molar refractivity (Wildman–Crippen MR) is 66.9 cm³/mol. The molecular weight excluding hydrogens is 260 g/mol. The Hall–Kier alpha value is -1.66. The highest BCUT2D eigenvalue weighted by atomic mass is 35.5. The lowest BCUT2D eigenvalue weighted by Crippen LogP contribution is -2.27. The molecule has 0 aromatic heterocycles. The molecule has 18 heavy (non-hydrogen) atoms. The second-order valence-electron chi connectivity index (χ2n) is 3.37. The van der Waals surface area contributed by atoms with E-state index in [1.165, 1.54) is 18.2 Å². The maximum atomic E-state index is 11.8. The molecule has 0 spiro atoms. The van der Waals surface area contributed by atoms with Crippen molar-refractivity contribution in [3.05, 3.63) is 38.9 Å². The molecule has 7 heteroatoms. The van der Waals surface area contributed by atoms with E-state index in [-0.39, 0.29) is 22.8 Å². The summed E-state index contributed by atoms with van der Waals surface area (Å²) in [4.78, 5) is 21.9. The number of benzene rings is 1. The van der Waals surface area contributed by atoms with Crippen LogP contribution in [0.3, 0.4) is 0 Å². The highest BCUT2D eigenvalue weighted by Gasteiger charge is 2.19. The van der Waals surface area contributed by atoms with Crippen LogP contribution in [0, 0.1) is 10.1 Å². The average molecular weight is 273 g/mol. The summed E-state index contributed by atoms with van der Waals surface area (Å²) in [5.74, 6) is -0.538. The van der Waals surface area contributed by atoms with Crippen molar-refractivity contribution in [2.45, 2.75) is 6.92 Å². The van der Waals surface area contributed by atoms with Crippen LogP contribution < -0.4 is 5.32 Å². The minimum absolute atomic E-state index is 0.0519. The Morgan fingerprint density at radius 1 is 1.56 bits per heavy atom. The van der Waals surface area contributed by atoms with Crippen LogP contribution in [0.5, 0.6) is 0 Å². The number of ether oxygens (including phenoxy) is 1. The number of nitro benzene ring substituents is 1. The molecule has 0 saturated carbocycles. The fourth-order valence-electron chi connectivity index (χ4n) is 1.33. The van der Waals surface area contributed by atoms with Gasteiger partial charge in [0, 0.05) is 24.2 Å². The molecule has 0 saturated heterocycles. The first-order valence-electron chi connectivity index (χ1n) is 5.36. The SMILES string of the molecule is CCOCCNC(=O)c1cc(Cl)ccc1[N+](=O)[O-]. The van der Waals surface area contributed by atoms with Gasteiger partial charge in [-0.1, -0.05) is 11.6 Å². The first-order valence-corrected chi connectivity index (χ1v) is 5.74. The molecule has 1 aromatic carbocycles. The van der Waals surface area contributed by atoms with Crippen LogP contribution in [-0.2, 0) is 4.74 Å². The monoisotopic (exact) mass is 272 g/mol. The molecule has 6 nitrogen and oxygen atoms in total. The van der Waals surface area contributed by atoms with E-state index in [0.29, 0.717) is 13.2 Å². The predicted octanol–water partition coefficient (Wildman–Crippen LogP) is 2.01. The fourth-order valence-corrected chi connectivity index (χ4v) is 1.50. The van der Waals surface area contributed by atoms with Crippen molar-refractivity contribution >= 4 is 23.2 Å². The first-order chi connectivity index (χ1) is 8.56. The number of halogens is 1. The summed E-state index contributed by atoms with van der Waals surface area (Å²) in [6.45, 7) is 3.03. The summed E-state index contributed by atoms with van der Waals surface area (Å²) in [6.07, 6.45) is 0. The van der Waals surface area contributed by atoms with Crippen molar-refractivity contribution in [3.63, 3.8) is 0 Å². The van der Waals surface area contributed by atoms with E-state index in [1.807, 2.05) is 6.92 Å². The summed E-state index contributed by atoms with van der Waals surface area (Å²) in [5, 5.41) is 13.6. The lowest BCUT2D eigenvalue weighted by atomic mass is 10.1. The van der Waals surface area contributed by atoms with Crippen LogP contribution in [0.1, 0.15) is 17.3 Å². The number of carbonyl (C=O) groups excluding carboxylic acids is 1. The van der Waals surface area contributed by atoms with Gasteiger partial charge < -0.3 is 10.1 Å². The maximum Gasteiger partial charge on any atom is 0.282 e. The highest BCUT2D eigenvalue weighted by molar-refractivity contribution is 6.31. The standard InChI is InChI=1S/C11H13ClN2O4/c1-2-18-6-5-13-11(15)9-7-8(12)3-4-10(9)14(16)17/h3-4,7H,2,5-6H2,1H3,(H,13,15). The van der Waals surface area contributed by atoms with Gasteiger partial charge in [-0.15, -0.1) is 0 Å². The normalized spacial score (nSPS) is 10.1. The van der Waals surface area contributed by atoms with E-state index in [2.05, 4.69) is 5.32 Å². The molecule has 0 aliphatic carbocycles. The Morgan fingerprint density at radius 3 is 2.89 bits per heavy atom. The molecule has 0 aliphatic heterocycles. The zero-order chi connectivity index (χ0) is 13.5. The van der Waals surface area contributed by atoms with Crippen molar-refractivity contribution < 1.29 is 14.5 Å². The quantitative estimate of drug-likeness (QED) is 0.488. The summed E-state index contributed by atoms with van der Waals surface area (Å²) in [7, 11) is 0. The van der Waals surface area contributed by atoms with Gasteiger partial charge in [0.05, 0.1) is 11.5 Å². The fraction of sp³-hybridized carbons (Fsp3) is 0.364. The van der Waals surface area contributed by atoms with Crippen LogP contribution in [-0.4, -0.2) is 30.6 Å². The number of nitrogens with zero attached hydrogens (tertiary/aromatic N) is 1. The Bertz CT molecular complexity index is 451. The Morgan fingerprint density at radius 2 is 2.28 bits per heavy atom. The van der Waals surface area contributed by atoms with Gasteiger partial charge in [0.15, 0.2) is 0 Å². The molecule has 0 unspecified atom stereocenters. The molecule has 1 N–H and O–H groups in total. The molecule has 0 aliphatic rings. The molecule has 0 radical (unpaired) electrons. The van der Waals surface area contributed by atoms with Crippen molar-refractivity contribution in [2.75, 3.05) is 19.8 Å². The lowest BCUT2D eigenvalue weighted by Gasteiger charge is -2.06. The van der Waals surface area contributed by atoms with Crippen molar-refractivity contribution in [1.29, 1.82) is 0 Å². The molecular formula is C11H13ClN2O4. The maximum absolute atomic E-state index is 11.8. The van der Waals surface area contributed by atoms with Gasteiger partial charge in [0.2, 0.25) is 0 Å². The number of rotatable bonds is 6. The Balaban J connectivity index is 2.77. The molecule has 0 bridgehead atoms. The Labute approximate surface area is 109 Å². The molecule has 0 fully saturated rings. The van der Waals surface area contributed by atoms with Gasteiger partial charge in [-0.05, 0) is 19.1 Å². The van der Waals surface area contributed by atoms with Crippen LogP contribution in [0.4, 0.5) is 5.69 Å². The third-order valence-corrected chi connectivity index (χ3v) is 2.37. The topological polar surface area (TPSA) is 81.5 Å². The van der Waals surface area contributed by atoms with E-state index >= 15 is 0 Å². The smallest absolute Gasteiger partial charge is 0.282 e. The number of amides is 1. The number of hydrogen-bond donors (Lipinski definition) is 1. The summed E-state index contributed by atoms with van der Waals surface area (Å²) in [5.41, 5.74) is -0.322. The third-order valence-electron chi connectivity index (χ3n) is 2.14. The van der Waals surface area contributed by atoms with Gasteiger partial charge in [-0.3, -0.25) is 14.9 Å². The summed E-state index contributed by atoms with van der Waals surface area (Å²) in [6, 6.07) is 3.85. The molecule has 0 heterocycles. The number of hydrogen-bond acceptors (Lipinski definition) is 4. The number of nitrogens with one attached hydrogen (secondary N) is 1. The van der Waals surface area contributed by atoms with E-state index in [4.69, 9.17) is 16.3 Å². The van der Waals surface area contributed by atoms with Crippen molar-refractivity contribution in [3.8, 4) is 0 Å². The van der Waals surface area contributed by atoms with Gasteiger partial charge in [-0.25, -0.2) is 0 Å². The molecule has 0 atom stereocenters. The van der Waals surface area contributed by atoms with Crippen LogP contribution >= 0.6 is 11.6 Å². The van der Waals surface area contributed by atoms with E-state index in [9.17, 15) is 14.9 Å². The van der Waals surface area contributed by atoms with E-state index in [0.717, 1.165) is 0 Å². The molecule has 1 aromatic rings. The second-order valence-corrected chi connectivity index (χ2v) is 3.81. The minimum atomic E-state index is -0.617. The molecule has 1 amide bonds. The zero-order valence-electron chi connectivity index (χ0n) is 9.81. The first kappa shape index (κ1) is 14.4. The lowest BCUT2D eigenvalue weighted by molar-refractivity contribution is -0.385. The largest absolute Gasteiger partial charge is 0.380 e. The van der Waals surface area contributed by atoms with Crippen molar-refractivity contribution in [1.82, 2.24) is 5.32 Å². The van der Waals surface area contributed by atoms with Gasteiger partial charge in [0.25, 0.3) is 11.6 Å². The van der Waals surface area contributed by atoms with Gasteiger partial charge in [0.1, 0.15) is 5.56 Å². The Kier molecular flexibility index (Phi) is 5.54.